The highest BCUT2D eigenvalue weighted by molar-refractivity contribution is 7.98. The normalized spacial score (nSPS) is 16.6. The molecule has 1 amide bonds. The smallest absolute Gasteiger partial charge is 0.256 e. The average Bonchev–Trinajstić information content (AvgIpc) is 3.50. The predicted octanol–water partition coefficient (Wildman–Crippen LogP) is 3.31. The minimum atomic E-state index is -3.58. The second-order valence-electron chi connectivity index (χ2n) is 8.55. The maximum absolute atomic E-state index is 13.3. The largest absolute Gasteiger partial charge is 0.361 e. The number of hydrogen-bond acceptors (Lipinski definition) is 7. The van der Waals surface area contributed by atoms with Crippen molar-refractivity contribution in [2.45, 2.75) is 41.9 Å². The summed E-state index contributed by atoms with van der Waals surface area (Å²) in [5.41, 5.74) is 3.69. The number of fused-ring (bicyclic) bond motifs is 1. The molecule has 0 radical (unpaired) electrons. The molecule has 0 atom stereocenters. The third kappa shape index (κ3) is 4.62. The van der Waals surface area contributed by atoms with E-state index in [1.165, 1.54) is 21.6 Å². The molecule has 1 aliphatic heterocycles. The molecule has 0 spiro atoms. The van der Waals surface area contributed by atoms with Gasteiger partial charge in [0, 0.05) is 44.2 Å². The number of rotatable bonds is 6. The Labute approximate surface area is 203 Å². The number of carbonyl (C=O) groups is 1. The lowest BCUT2D eigenvalue weighted by Crippen LogP contribution is -2.50. The van der Waals surface area contributed by atoms with E-state index in [1.54, 1.807) is 29.3 Å². The fourth-order valence-electron chi connectivity index (χ4n) is 4.46. The van der Waals surface area contributed by atoms with E-state index in [2.05, 4.69) is 10.1 Å². The van der Waals surface area contributed by atoms with Gasteiger partial charge in [-0.15, -0.1) is 0 Å². The molecule has 2 aromatic heterocycles. The molecule has 5 rings (SSSR count). The summed E-state index contributed by atoms with van der Waals surface area (Å²) in [4.78, 5) is 19.7. The Bertz CT molecular complexity index is 1310. The van der Waals surface area contributed by atoms with E-state index >= 15 is 0 Å². The van der Waals surface area contributed by atoms with Crippen LogP contribution in [0.15, 0.2) is 57.0 Å². The van der Waals surface area contributed by atoms with E-state index in [0.29, 0.717) is 34.3 Å². The molecule has 1 fully saturated rings. The molecule has 3 heterocycles. The number of hydrogen-bond donors (Lipinski definition) is 0. The van der Waals surface area contributed by atoms with Crippen molar-refractivity contribution in [3.8, 4) is 0 Å². The number of aromatic nitrogens is 2. The van der Waals surface area contributed by atoms with Crippen molar-refractivity contribution in [3.63, 3.8) is 0 Å². The molecule has 1 aliphatic carbocycles. The first-order chi connectivity index (χ1) is 16.4. The summed E-state index contributed by atoms with van der Waals surface area (Å²) in [5, 5.41) is 4.62. The van der Waals surface area contributed by atoms with E-state index < -0.39 is 10.0 Å². The van der Waals surface area contributed by atoms with Crippen LogP contribution in [0.4, 0.5) is 0 Å². The van der Waals surface area contributed by atoms with Gasteiger partial charge in [-0.05, 0) is 61.6 Å². The molecule has 34 heavy (non-hydrogen) atoms. The summed E-state index contributed by atoms with van der Waals surface area (Å²) >= 11 is 1.43. The molecule has 0 N–H and O–H groups in total. The zero-order chi connectivity index (χ0) is 23.7. The van der Waals surface area contributed by atoms with E-state index in [4.69, 9.17) is 4.52 Å². The average molecular weight is 499 g/mol. The number of thioether (sulfide) groups is 1. The van der Waals surface area contributed by atoms with Crippen LogP contribution < -0.4 is 0 Å². The highest BCUT2D eigenvalue weighted by Gasteiger charge is 2.32. The van der Waals surface area contributed by atoms with Crippen LogP contribution in [0.5, 0.6) is 0 Å². The minimum absolute atomic E-state index is 0.137. The van der Waals surface area contributed by atoms with E-state index in [0.717, 1.165) is 36.3 Å². The Morgan fingerprint density at radius 3 is 2.65 bits per heavy atom. The maximum Gasteiger partial charge on any atom is 0.256 e. The SMILES string of the molecule is Cc1cc(CSc2ncccc2C(=O)N2CCN(S(=O)(=O)c3ccc4c(c3)CCC4)CC2)no1. The molecule has 1 saturated heterocycles. The molecule has 10 heteroatoms. The van der Waals surface area contributed by atoms with Gasteiger partial charge in [0.2, 0.25) is 10.0 Å². The standard InChI is InChI=1S/C24H26N4O4S2/c1-17-14-20(26-32-17)16-33-23-22(6-3-9-25-23)24(29)27-10-12-28(13-11-27)34(30,31)21-8-7-18-4-2-5-19(18)15-21/h3,6-9,14-15H,2,4-5,10-13,16H2,1H3. The van der Waals surface area contributed by atoms with Crippen LogP contribution in [0.3, 0.4) is 0 Å². The number of benzene rings is 1. The summed E-state index contributed by atoms with van der Waals surface area (Å²) in [6, 6.07) is 10.8. The second-order valence-corrected chi connectivity index (χ2v) is 11.5. The quantitative estimate of drug-likeness (QED) is 0.481. The van der Waals surface area contributed by atoms with Gasteiger partial charge in [0.15, 0.2) is 0 Å². The summed E-state index contributed by atoms with van der Waals surface area (Å²) in [6.45, 7) is 3.05. The minimum Gasteiger partial charge on any atom is -0.361 e. The number of aryl methyl sites for hydroxylation is 3. The van der Waals surface area contributed by atoms with Crippen molar-refractivity contribution >= 4 is 27.7 Å². The Kier molecular flexibility index (Phi) is 6.46. The molecule has 2 aliphatic rings. The van der Waals surface area contributed by atoms with Crippen LogP contribution in [0, 0.1) is 6.92 Å². The van der Waals surface area contributed by atoms with Crippen LogP contribution in [-0.2, 0) is 28.6 Å². The number of pyridine rings is 1. The number of nitrogens with zero attached hydrogens (tertiary/aromatic N) is 4. The first kappa shape index (κ1) is 23.1. The van der Waals surface area contributed by atoms with Gasteiger partial charge in [0.05, 0.1) is 16.2 Å². The molecule has 1 aromatic carbocycles. The molecular weight excluding hydrogens is 472 g/mol. The highest BCUT2D eigenvalue weighted by Crippen LogP contribution is 2.28. The van der Waals surface area contributed by atoms with Gasteiger partial charge < -0.3 is 9.42 Å². The molecule has 178 valence electrons. The summed E-state index contributed by atoms with van der Waals surface area (Å²) in [6.07, 6.45) is 4.69. The van der Waals surface area contributed by atoms with Gasteiger partial charge in [-0.2, -0.15) is 4.31 Å². The van der Waals surface area contributed by atoms with Crippen molar-refractivity contribution in [2.75, 3.05) is 26.2 Å². The van der Waals surface area contributed by atoms with Crippen molar-refractivity contribution in [2.24, 2.45) is 0 Å². The fraction of sp³-hybridized carbons (Fsp3) is 0.375. The number of sulfonamides is 1. The second kappa shape index (κ2) is 9.52. The van der Waals surface area contributed by atoms with Crippen LogP contribution in [-0.4, -0.2) is 59.8 Å². The van der Waals surface area contributed by atoms with Gasteiger partial charge in [0.25, 0.3) is 5.91 Å². The lowest BCUT2D eigenvalue weighted by molar-refractivity contribution is 0.0693. The number of carbonyl (C=O) groups excluding carboxylic acids is 1. The van der Waals surface area contributed by atoms with E-state index in [9.17, 15) is 13.2 Å². The van der Waals surface area contributed by atoms with Crippen molar-refractivity contribution < 1.29 is 17.7 Å². The summed E-state index contributed by atoms with van der Waals surface area (Å²) in [7, 11) is -3.58. The van der Waals surface area contributed by atoms with Gasteiger partial charge in [-0.3, -0.25) is 4.79 Å². The first-order valence-corrected chi connectivity index (χ1v) is 13.8. The highest BCUT2D eigenvalue weighted by atomic mass is 32.2. The molecule has 0 saturated carbocycles. The lowest BCUT2D eigenvalue weighted by Gasteiger charge is -2.34. The molecule has 0 bridgehead atoms. The zero-order valence-corrected chi connectivity index (χ0v) is 20.6. The van der Waals surface area contributed by atoms with Gasteiger partial charge in [-0.25, -0.2) is 13.4 Å². The van der Waals surface area contributed by atoms with Crippen molar-refractivity contribution in [1.82, 2.24) is 19.3 Å². The van der Waals surface area contributed by atoms with Crippen LogP contribution in [0.1, 0.15) is 39.4 Å². The van der Waals surface area contributed by atoms with Crippen LogP contribution >= 0.6 is 11.8 Å². The van der Waals surface area contributed by atoms with Crippen LogP contribution in [0.2, 0.25) is 0 Å². The topological polar surface area (TPSA) is 96.6 Å². The Morgan fingerprint density at radius 2 is 1.88 bits per heavy atom. The van der Waals surface area contributed by atoms with Crippen molar-refractivity contribution in [3.05, 3.63) is 70.7 Å². The van der Waals surface area contributed by atoms with Crippen molar-refractivity contribution in [1.29, 1.82) is 0 Å². The Morgan fingerprint density at radius 1 is 1.09 bits per heavy atom. The third-order valence-corrected chi connectivity index (χ3v) is 9.20. The van der Waals surface area contributed by atoms with Gasteiger partial charge >= 0.3 is 0 Å². The predicted molar refractivity (Wildman–Crippen MR) is 128 cm³/mol. The maximum atomic E-state index is 13.3. The fourth-order valence-corrected chi connectivity index (χ4v) is 6.80. The third-order valence-electron chi connectivity index (χ3n) is 6.27. The number of amides is 1. The van der Waals surface area contributed by atoms with Crippen LogP contribution in [0.25, 0.3) is 0 Å². The van der Waals surface area contributed by atoms with E-state index in [1.807, 2.05) is 25.1 Å². The molecule has 8 nitrogen and oxygen atoms in total. The monoisotopic (exact) mass is 498 g/mol. The lowest BCUT2D eigenvalue weighted by atomic mass is 10.1. The molecule has 3 aromatic rings. The summed E-state index contributed by atoms with van der Waals surface area (Å²) in [5.74, 6) is 1.14. The zero-order valence-electron chi connectivity index (χ0n) is 18.9. The molecular formula is C24H26N4O4S2. The summed E-state index contributed by atoms with van der Waals surface area (Å²) < 4.78 is 33.0. The van der Waals surface area contributed by atoms with Gasteiger partial charge in [0.1, 0.15) is 10.8 Å². The molecule has 0 unspecified atom stereocenters. The van der Waals surface area contributed by atoms with Gasteiger partial charge in [-0.1, -0.05) is 23.0 Å². The van der Waals surface area contributed by atoms with E-state index in [-0.39, 0.29) is 19.0 Å². The Balaban J connectivity index is 1.25. The number of piperazine rings is 1. The first-order valence-electron chi connectivity index (χ1n) is 11.3. The Hall–Kier alpha value is -2.69.